The van der Waals surface area contributed by atoms with E-state index in [1.54, 1.807) is 14.2 Å². The SMILES string of the molecule is CC.CNC(=O)N1CCC(OC)CC1. The largest absolute Gasteiger partial charge is 0.381 e. The van der Waals surface area contributed by atoms with E-state index in [2.05, 4.69) is 5.32 Å². The Hall–Kier alpha value is -0.770. The van der Waals surface area contributed by atoms with Crippen molar-refractivity contribution >= 4 is 6.03 Å². The van der Waals surface area contributed by atoms with Crippen LogP contribution in [0.25, 0.3) is 0 Å². The number of piperidine rings is 1. The second-order valence-corrected chi connectivity index (χ2v) is 2.98. The molecule has 0 saturated carbocycles. The van der Waals surface area contributed by atoms with E-state index in [0.29, 0.717) is 6.10 Å². The molecule has 1 rings (SSSR count). The number of hydrogen-bond acceptors (Lipinski definition) is 2. The number of urea groups is 1. The van der Waals surface area contributed by atoms with Crippen LogP contribution in [0.3, 0.4) is 0 Å². The van der Waals surface area contributed by atoms with E-state index in [1.165, 1.54) is 0 Å². The second-order valence-electron chi connectivity index (χ2n) is 2.98. The first kappa shape index (κ1) is 13.2. The molecule has 0 spiro atoms. The fourth-order valence-corrected chi connectivity index (χ4v) is 1.45. The molecule has 0 bridgehead atoms. The van der Waals surface area contributed by atoms with Crippen LogP contribution in [0.15, 0.2) is 0 Å². The van der Waals surface area contributed by atoms with Gasteiger partial charge >= 0.3 is 6.03 Å². The Kier molecular flexibility index (Phi) is 7.20. The number of amides is 2. The number of carbonyl (C=O) groups is 1. The minimum atomic E-state index is 0.0181. The van der Waals surface area contributed by atoms with Crippen LogP contribution in [0, 0.1) is 0 Å². The first-order chi connectivity index (χ1) is 6.77. The summed E-state index contributed by atoms with van der Waals surface area (Å²) >= 11 is 0. The van der Waals surface area contributed by atoms with Crippen molar-refractivity contribution in [2.45, 2.75) is 32.8 Å². The van der Waals surface area contributed by atoms with Crippen LogP contribution < -0.4 is 5.32 Å². The fraction of sp³-hybridized carbons (Fsp3) is 0.900. The highest BCUT2D eigenvalue weighted by Crippen LogP contribution is 2.12. The Morgan fingerprint density at radius 2 is 1.86 bits per heavy atom. The van der Waals surface area contributed by atoms with Gasteiger partial charge in [-0.3, -0.25) is 0 Å². The van der Waals surface area contributed by atoms with E-state index in [9.17, 15) is 4.79 Å². The van der Waals surface area contributed by atoms with E-state index in [4.69, 9.17) is 4.74 Å². The van der Waals surface area contributed by atoms with Crippen molar-refractivity contribution in [2.24, 2.45) is 0 Å². The summed E-state index contributed by atoms with van der Waals surface area (Å²) in [7, 11) is 3.38. The minimum absolute atomic E-state index is 0.0181. The molecule has 1 aliphatic heterocycles. The van der Waals surface area contributed by atoms with E-state index >= 15 is 0 Å². The average molecular weight is 202 g/mol. The number of methoxy groups -OCH3 is 1. The molecular formula is C10H22N2O2. The Morgan fingerprint density at radius 3 is 2.21 bits per heavy atom. The van der Waals surface area contributed by atoms with Crippen LogP contribution in [0.4, 0.5) is 4.79 Å². The molecule has 4 heteroatoms. The van der Waals surface area contributed by atoms with Gasteiger partial charge in [0.1, 0.15) is 0 Å². The van der Waals surface area contributed by atoms with Gasteiger partial charge in [0.15, 0.2) is 0 Å². The van der Waals surface area contributed by atoms with E-state index in [0.717, 1.165) is 25.9 Å². The van der Waals surface area contributed by atoms with Gasteiger partial charge in [-0.15, -0.1) is 0 Å². The Balaban J connectivity index is 0.000000791. The van der Waals surface area contributed by atoms with Crippen molar-refractivity contribution in [1.29, 1.82) is 0 Å². The summed E-state index contributed by atoms with van der Waals surface area (Å²) in [5, 5.41) is 2.61. The van der Waals surface area contributed by atoms with Gasteiger partial charge in [0, 0.05) is 27.2 Å². The summed E-state index contributed by atoms with van der Waals surface area (Å²) in [4.78, 5) is 13.0. The molecule has 84 valence electrons. The van der Waals surface area contributed by atoms with Crippen molar-refractivity contribution in [3.63, 3.8) is 0 Å². The van der Waals surface area contributed by atoms with Crippen molar-refractivity contribution in [3.8, 4) is 0 Å². The maximum atomic E-state index is 11.1. The zero-order chi connectivity index (χ0) is 11.0. The zero-order valence-electron chi connectivity index (χ0n) is 9.67. The highest BCUT2D eigenvalue weighted by Gasteiger charge is 2.21. The highest BCUT2D eigenvalue weighted by molar-refractivity contribution is 5.73. The first-order valence-corrected chi connectivity index (χ1v) is 5.27. The van der Waals surface area contributed by atoms with Gasteiger partial charge in [0.05, 0.1) is 6.10 Å². The predicted octanol–water partition coefficient (Wildman–Crippen LogP) is 1.46. The molecule has 0 aromatic heterocycles. The third-order valence-electron chi connectivity index (χ3n) is 2.28. The summed E-state index contributed by atoms with van der Waals surface area (Å²) in [6.45, 7) is 5.61. The molecule has 0 aliphatic carbocycles. The number of ether oxygens (including phenoxy) is 1. The lowest BCUT2D eigenvalue weighted by atomic mass is 10.1. The summed E-state index contributed by atoms with van der Waals surface area (Å²) in [5.41, 5.74) is 0. The third kappa shape index (κ3) is 3.96. The summed E-state index contributed by atoms with van der Waals surface area (Å²) < 4.78 is 5.19. The maximum absolute atomic E-state index is 11.1. The van der Waals surface area contributed by atoms with Gasteiger partial charge in [-0.05, 0) is 12.8 Å². The molecule has 0 aromatic rings. The molecule has 0 unspecified atom stereocenters. The molecule has 14 heavy (non-hydrogen) atoms. The van der Waals surface area contributed by atoms with Crippen LogP contribution in [0.2, 0.25) is 0 Å². The van der Waals surface area contributed by atoms with Gasteiger partial charge < -0.3 is 15.0 Å². The zero-order valence-corrected chi connectivity index (χ0v) is 9.67. The number of hydrogen-bond donors (Lipinski definition) is 1. The minimum Gasteiger partial charge on any atom is -0.381 e. The Morgan fingerprint density at radius 1 is 1.36 bits per heavy atom. The van der Waals surface area contributed by atoms with Gasteiger partial charge in [-0.2, -0.15) is 0 Å². The number of nitrogens with one attached hydrogen (secondary N) is 1. The normalized spacial score (nSPS) is 17.0. The standard InChI is InChI=1S/C8H16N2O2.C2H6/c1-9-8(11)10-5-3-7(12-2)4-6-10;1-2/h7H,3-6H2,1-2H3,(H,9,11);1-2H3. The molecule has 4 nitrogen and oxygen atoms in total. The Labute approximate surface area is 86.6 Å². The summed E-state index contributed by atoms with van der Waals surface area (Å²) in [6.07, 6.45) is 2.24. The molecule has 1 heterocycles. The van der Waals surface area contributed by atoms with E-state index < -0.39 is 0 Å². The third-order valence-corrected chi connectivity index (χ3v) is 2.28. The van der Waals surface area contributed by atoms with Crippen molar-refractivity contribution < 1.29 is 9.53 Å². The molecule has 0 aromatic carbocycles. The smallest absolute Gasteiger partial charge is 0.317 e. The molecule has 0 radical (unpaired) electrons. The molecular weight excluding hydrogens is 180 g/mol. The summed E-state index contributed by atoms with van der Waals surface area (Å²) in [6, 6.07) is 0.0181. The van der Waals surface area contributed by atoms with Gasteiger partial charge in [-0.25, -0.2) is 4.79 Å². The molecule has 1 aliphatic rings. The molecule has 0 atom stereocenters. The van der Waals surface area contributed by atoms with Gasteiger partial charge in [-0.1, -0.05) is 13.8 Å². The quantitative estimate of drug-likeness (QED) is 0.699. The van der Waals surface area contributed by atoms with E-state index in [-0.39, 0.29) is 6.03 Å². The average Bonchev–Trinajstić information content (AvgIpc) is 2.31. The van der Waals surface area contributed by atoms with Crippen LogP contribution in [-0.2, 0) is 4.74 Å². The highest BCUT2D eigenvalue weighted by atomic mass is 16.5. The van der Waals surface area contributed by atoms with Crippen LogP contribution >= 0.6 is 0 Å². The summed E-state index contributed by atoms with van der Waals surface area (Å²) in [5.74, 6) is 0. The monoisotopic (exact) mass is 202 g/mol. The lowest BCUT2D eigenvalue weighted by molar-refractivity contribution is 0.0506. The van der Waals surface area contributed by atoms with Crippen molar-refractivity contribution in [1.82, 2.24) is 10.2 Å². The fourth-order valence-electron chi connectivity index (χ4n) is 1.45. The number of nitrogens with zero attached hydrogens (tertiary/aromatic N) is 1. The number of carbonyl (C=O) groups excluding carboxylic acids is 1. The van der Waals surface area contributed by atoms with Crippen LogP contribution in [0.5, 0.6) is 0 Å². The van der Waals surface area contributed by atoms with Crippen LogP contribution in [-0.4, -0.2) is 44.3 Å². The predicted molar refractivity (Wildman–Crippen MR) is 57.4 cm³/mol. The second kappa shape index (κ2) is 7.62. The lowest BCUT2D eigenvalue weighted by Crippen LogP contribution is -2.44. The number of rotatable bonds is 1. The van der Waals surface area contributed by atoms with Gasteiger partial charge in [0.25, 0.3) is 0 Å². The molecule has 1 fully saturated rings. The molecule has 1 N–H and O–H groups in total. The molecule has 1 saturated heterocycles. The van der Waals surface area contributed by atoms with Crippen molar-refractivity contribution in [2.75, 3.05) is 27.2 Å². The topological polar surface area (TPSA) is 41.6 Å². The van der Waals surface area contributed by atoms with Gasteiger partial charge in [0.2, 0.25) is 0 Å². The van der Waals surface area contributed by atoms with E-state index in [1.807, 2.05) is 18.7 Å². The molecule has 2 amide bonds. The van der Waals surface area contributed by atoms with Crippen LogP contribution in [0.1, 0.15) is 26.7 Å². The first-order valence-electron chi connectivity index (χ1n) is 5.27. The Bertz CT molecular complexity index is 154. The number of likely N-dealkylation sites (tertiary alicyclic amines) is 1. The van der Waals surface area contributed by atoms with Crippen molar-refractivity contribution in [3.05, 3.63) is 0 Å². The maximum Gasteiger partial charge on any atom is 0.317 e. The lowest BCUT2D eigenvalue weighted by Gasteiger charge is -2.30.